The number of nitro groups is 1. The molecule has 1 aliphatic rings. The van der Waals surface area contributed by atoms with Crippen LogP contribution in [0.2, 0.25) is 0 Å². The summed E-state index contributed by atoms with van der Waals surface area (Å²) < 4.78 is 13.2. The highest BCUT2D eigenvalue weighted by atomic mass is 19.1. The SMILES string of the molecule is Nc1nc(N[C@H]2C[C@H]2c2cccc(F)c2)ncc1[N+](=O)[O-]. The lowest BCUT2D eigenvalue weighted by Gasteiger charge is -2.05. The lowest BCUT2D eigenvalue weighted by atomic mass is 10.1. The van der Waals surface area contributed by atoms with Gasteiger partial charge in [0.2, 0.25) is 11.8 Å². The van der Waals surface area contributed by atoms with Gasteiger partial charge in [0.1, 0.15) is 12.0 Å². The van der Waals surface area contributed by atoms with Crippen molar-refractivity contribution in [2.45, 2.75) is 18.4 Å². The number of rotatable bonds is 4. The summed E-state index contributed by atoms with van der Waals surface area (Å²) in [5, 5.41) is 13.7. The molecule has 0 unspecified atom stereocenters. The molecule has 7 nitrogen and oxygen atoms in total. The predicted octanol–water partition coefficient (Wildman–Crippen LogP) is 2.07. The van der Waals surface area contributed by atoms with Crippen molar-refractivity contribution in [3.8, 4) is 0 Å². The van der Waals surface area contributed by atoms with Crippen LogP contribution >= 0.6 is 0 Å². The Balaban J connectivity index is 1.69. The monoisotopic (exact) mass is 289 g/mol. The van der Waals surface area contributed by atoms with Crippen LogP contribution in [0.3, 0.4) is 0 Å². The summed E-state index contributed by atoms with van der Waals surface area (Å²) in [4.78, 5) is 17.7. The van der Waals surface area contributed by atoms with Gasteiger partial charge < -0.3 is 11.1 Å². The Morgan fingerprint density at radius 1 is 1.48 bits per heavy atom. The highest BCUT2D eigenvalue weighted by Crippen LogP contribution is 2.42. The number of nitrogen functional groups attached to an aromatic ring is 1. The van der Waals surface area contributed by atoms with E-state index in [0.717, 1.165) is 18.2 Å². The molecule has 3 rings (SSSR count). The maximum atomic E-state index is 13.2. The van der Waals surface area contributed by atoms with Crippen molar-refractivity contribution in [2.75, 3.05) is 11.1 Å². The van der Waals surface area contributed by atoms with Crippen LogP contribution in [-0.4, -0.2) is 20.9 Å². The molecule has 108 valence electrons. The van der Waals surface area contributed by atoms with Crippen molar-refractivity contribution >= 4 is 17.5 Å². The molecule has 0 aliphatic heterocycles. The molecule has 0 radical (unpaired) electrons. The summed E-state index contributed by atoms with van der Waals surface area (Å²) in [5.41, 5.74) is 6.09. The second-order valence-corrected chi connectivity index (χ2v) is 4.87. The fourth-order valence-corrected chi connectivity index (χ4v) is 2.22. The molecule has 1 saturated carbocycles. The molecule has 8 heteroatoms. The van der Waals surface area contributed by atoms with E-state index in [4.69, 9.17) is 5.73 Å². The largest absolute Gasteiger partial charge is 0.378 e. The molecule has 0 saturated heterocycles. The third kappa shape index (κ3) is 2.73. The second kappa shape index (κ2) is 4.97. The lowest BCUT2D eigenvalue weighted by molar-refractivity contribution is -0.384. The first-order chi connectivity index (χ1) is 10.0. The normalized spacial score (nSPS) is 20.0. The van der Waals surface area contributed by atoms with E-state index in [2.05, 4.69) is 15.3 Å². The summed E-state index contributed by atoms with van der Waals surface area (Å²) in [7, 11) is 0. The van der Waals surface area contributed by atoms with Gasteiger partial charge in [0.25, 0.3) is 0 Å². The number of nitrogens with one attached hydrogen (secondary N) is 1. The molecule has 1 fully saturated rings. The first-order valence-electron chi connectivity index (χ1n) is 6.33. The fourth-order valence-electron chi connectivity index (χ4n) is 2.22. The van der Waals surface area contributed by atoms with Crippen molar-refractivity contribution in [3.05, 3.63) is 52.0 Å². The summed E-state index contributed by atoms with van der Waals surface area (Å²) in [6, 6.07) is 6.50. The molecule has 2 atom stereocenters. The molecular formula is C13H12FN5O2. The van der Waals surface area contributed by atoms with E-state index in [1.165, 1.54) is 12.1 Å². The zero-order valence-electron chi connectivity index (χ0n) is 10.9. The fraction of sp³-hybridized carbons (Fsp3) is 0.231. The van der Waals surface area contributed by atoms with E-state index in [0.29, 0.717) is 0 Å². The van der Waals surface area contributed by atoms with Gasteiger partial charge in [-0.25, -0.2) is 9.37 Å². The third-order valence-corrected chi connectivity index (χ3v) is 3.38. The van der Waals surface area contributed by atoms with Crippen LogP contribution in [0.15, 0.2) is 30.5 Å². The average Bonchev–Trinajstić information content (AvgIpc) is 3.17. The number of hydrogen-bond donors (Lipinski definition) is 2. The Kier molecular flexibility index (Phi) is 3.13. The maximum Gasteiger partial charge on any atom is 0.329 e. The van der Waals surface area contributed by atoms with E-state index in [1.54, 1.807) is 6.07 Å². The van der Waals surface area contributed by atoms with Gasteiger partial charge >= 0.3 is 5.69 Å². The van der Waals surface area contributed by atoms with Crippen LogP contribution in [0.4, 0.5) is 21.8 Å². The molecule has 3 N–H and O–H groups in total. The lowest BCUT2D eigenvalue weighted by Crippen LogP contribution is -2.10. The first kappa shape index (κ1) is 13.2. The highest BCUT2D eigenvalue weighted by Gasteiger charge is 2.39. The quantitative estimate of drug-likeness (QED) is 0.659. The Bertz CT molecular complexity index is 709. The van der Waals surface area contributed by atoms with Crippen molar-refractivity contribution in [1.29, 1.82) is 0 Å². The maximum absolute atomic E-state index is 13.2. The molecule has 2 aromatic rings. The number of nitrogens with zero attached hydrogens (tertiary/aromatic N) is 3. The summed E-state index contributed by atoms with van der Waals surface area (Å²) >= 11 is 0. The van der Waals surface area contributed by atoms with E-state index in [9.17, 15) is 14.5 Å². The number of hydrogen-bond acceptors (Lipinski definition) is 6. The first-order valence-corrected chi connectivity index (χ1v) is 6.33. The molecule has 1 aromatic carbocycles. The van der Waals surface area contributed by atoms with E-state index < -0.39 is 4.92 Å². The van der Waals surface area contributed by atoms with E-state index >= 15 is 0 Å². The second-order valence-electron chi connectivity index (χ2n) is 4.87. The van der Waals surface area contributed by atoms with Crippen LogP contribution in [0.5, 0.6) is 0 Å². The van der Waals surface area contributed by atoms with Crippen molar-refractivity contribution in [3.63, 3.8) is 0 Å². The standard InChI is InChI=1S/C13H12FN5O2/c14-8-3-1-2-7(4-8)9-5-10(9)17-13-16-6-11(19(20)21)12(15)18-13/h1-4,6,9-10H,5H2,(H3,15,16,17,18)/t9-,10-/m0/s1. The van der Waals surface area contributed by atoms with E-state index in [-0.39, 0.29) is 35.2 Å². The minimum atomic E-state index is -0.633. The minimum absolute atomic E-state index is 0.0765. The summed E-state index contributed by atoms with van der Waals surface area (Å²) in [6.45, 7) is 0. The van der Waals surface area contributed by atoms with Gasteiger partial charge in [0.15, 0.2) is 0 Å². The zero-order chi connectivity index (χ0) is 15.0. The smallest absolute Gasteiger partial charge is 0.329 e. The van der Waals surface area contributed by atoms with Crippen LogP contribution in [0, 0.1) is 15.9 Å². The van der Waals surface area contributed by atoms with Crippen molar-refractivity contribution in [1.82, 2.24) is 9.97 Å². The number of halogens is 1. The van der Waals surface area contributed by atoms with Crippen LogP contribution in [-0.2, 0) is 0 Å². The third-order valence-electron chi connectivity index (χ3n) is 3.38. The van der Waals surface area contributed by atoms with Gasteiger partial charge in [-0.15, -0.1) is 0 Å². The molecule has 1 heterocycles. The summed E-state index contributed by atoms with van der Waals surface area (Å²) in [6.07, 6.45) is 1.90. The van der Waals surface area contributed by atoms with Gasteiger partial charge in [-0.3, -0.25) is 10.1 Å². The molecule has 0 spiro atoms. The topological polar surface area (TPSA) is 107 Å². The van der Waals surface area contributed by atoms with Crippen LogP contribution < -0.4 is 11.1 Å². The van der Waals surface area contributed by atoms with Gasteiger partial charge in [0.05, 0.1) is 4.92 Å². The van der Waals surface area contributed by atoms with Crippen LogP contribution in [0.1, 0.15) is 17.9 Å². The molecule has 21 heavy (non-hydrogen) atoms. The summed E-state index contributed by atoms with van der Waals surface area (Å²) in [5.74, 6) is -0.0304. The number of nitrogens with two attached hydrogens (primary N) is 1. The average molecular weight is 289 g/mol. The van der Waals surface area contributed by atoms with Gasteiger partial charge in [-0.2, -0.15) is 4.98 Å². The van der Waals surface area contributed by atoms with Crippen molar-refractivity contribution < 1.29 is 9.31 Å². The predicted molar refractivity (Wildman–Crippen MR) is 74.3 cm³/mol. The Morgan fingerprint density at radius 3 is 2.95 bits per heavy atom. The van der Waals surface area contributed by atoms with Crippen LogP contribution in [0.25, 0.3) is 0 Å². The van der Waals surface area contributed by atoms with Gasteiger partial charge in [-0.05, 0) is 24.1 Å². The van der Waals surface area contributed by atoms with E-state index in [1.807, 2.05) is 6.07 Å². The zero-order valence-corrected chi connectivity index (χ0v) is 10.9. The molecule has 1 aliphatic carbocycles. The molecule has 0 amide bonds. The Hall–Kier alpha value is -2.77. The van der Waals surface area contributed by atoms with Gasteiger partial charge in [-0.1, -0.05) is 12.1 Å². The van der Waals surface area contributed by atoms with Crippen molar-refractivity contribution in [2.24, 2.45) is 0 Å². The highest BCUT2D eigenvalue weighted by molar-refractivity contribution is 5.53. The molecule has 0 bridgehead atoms. The molecular weight excluding hydrogens is 277 g/mol. The Morgan fingerprint density at radius 2 is 2.29 bits per heavy atom. The number of aromatic nitrogens is 2. The number of benzene rings is 1. The number of anilines is 2. The minimum Gasteiger partial charge on any atom is -0.378 e. The Labute approximate surface area is 119 Å². The van der Waals surface area contributed by atoms with Gasteiger partial charge in [0, 0.05) is 12.0 Å². The molecule has 1 aromatic heterocycles.